The minimum Gasteiger partial charge on any atom is -0.468 e. The molecule has 1 aliphatic rings. The van der Waals surface area contributed by atoms with E-state index in [-0.39, 0.29) is 17.9 Å². The quantitative estimate of drug-likeness (QED) is 0.230. The fourth-order valence-electron chi connectivity index (χ4n) is 5.08. The van der Waals surface area contributed by atoms with Gasteiger partial charge in [0, 0.05) is 0 Å². The molecule has 0 unspecified atom stereocenters. The molecule has 3 rings (SSSR count). The molecule has 1 aliphatic carbocycles. The highest BCUT2D eigenvalue weighted by molar-refractivity contribution is 6.74. The van der Waals surface area contributed by atoms with E-state index in [1.54, 1.807) is 12.1 Å². The molecule has 0 spiro atoms. The largest absolute Gasteiger partial charge is 0.468 e. The zero-order chi connectivity index (χ0) is 27.9. The Morgan fingerprint density at radius 3 is 1.81 bits per heavy atom. The van der Waals surface area contributed by atoms with Crippen molar-refractivity contribution in [3.05, 3.63) is 71.3 Å². The van der Waals surface area contributed by atoms with Gasteiger partial charge >= 0.3 is 18.1 Å². The summed E-state index contributed by atoms with van der Waals surface area (Å²) in [6.45, 7) is 10.2. The molecule has 0 aliphatic heterocycles. The van der Waals surface area contributed by atoms with Gasteiger partial charge in [-0.2, -0.15) is 13.2 Å². The molecule has 5 nitrogen and oxygen atoms in total. The molecule has 0 heterocycles. The van der Waals surface area contributed by atoms with Gasteiger partial charge in [0.05, 0.1) is 19.8 Å². The first kappa shape index (κ1) is 28.9. The third kappa shape index (κ3) is 4.95. The predicted octanol–water partition coefficient (Wildman–Crippen LogP) is 6.83. The van der Waals surface area contributed by atoms with Crippen LogP contribution < -0.4 is 0 Å². The second kappa shape index (κ2) is 9.91. The number of benzene rings is 2. The first-order chi connectivity index (χ1) is 17.1. The number of esters is 2. The third-order valence-corrected chi connectivity index (χ3v) is 12.5. The number of carbonyl (C=O) groups is 2. The summed E-state index contributed by atoms with van der Waals surface area (Å²) < 4.78 is 57.2. The number of hydrogen-bond donors (Lipinski definition) is 0. The molecular formula is C28H35F3O5Si. The lowest BCUT2D eigenvalue weighted by Gasteiger charge is -2.49. The van der Waals surface area contributed by atoms with E-state index >= 15 is 0 Å². The van der Waals surface area contributed by atoms with Gasteiger partial charge in [0.1, 0.15) is 5.60 Å². The lowest BCUT2D eigenvalue weighted by atomic mass is 9.70. The molecule has 37 heavy (non-hydrogen) atoms. The summed E-state index contributed by atoms with van der Waals surface area (Å²) in [6.07, 6.45) is -4.34. The number of carbonyl (C=O) groups excluding carboxylic acids is 2. The fraction of sp³-hybridized carbons (Fsp3) is 0.500. The number of halogens is 3. The third-order valence-electron chi connectivity index (χ3n) is 8.03. The summed E-state index contributed by atoms with van der Waals surface area (Å²) in [5, 5.41) is -0.279. The van der Waals surface area contributed by atoms with Crippen molar-refractivity contribution < 1.29 is 36.7 Å². The topological polar surface area (TPSA) is 61.8 Å². The van der Waals surface area contributed by atoms with Crippen LogP contribution in [-0.4, -0.2) is 34.5 Å². The first-order valence-electron chi connectivity index (χ1n) is 12.2. The lowest BCUT2D eigenvalue weighted by Crippen LogP contribution is -2.60. The summed E-state index contributed by atoms with van der Waals surface area (Å²) in [7, 11) is -0.242. The molecule has 1 saturated carbocycles. The van der Waals surface area contributed by atoms with Gasteiger partial charge in [-0.1, -0.05) is 63.2 Å². The van der Waals surface area contributed by atoms with E-state index in [1.165, 1.54) is 26.4 Å². The highest BCUT2D eigenvalue weighted by Crippen LogP contribution is 2.63. The van der Waals surface area contributed by atoms with E-state index in [0.717, 1.165) is 12.1 Å². The Kier molecular flexibility index (Phi) is 7.74. The molecule has 0 amide bonds. The SMILES string of the molecule is COC(=O)C1(C(=O)OC)C[C@@H](c2ccc(C(F)(F)F)cc2)C[C@@]1(O[Si](C)(C)C(C)(C)C)c1ccccc1. The fourth-order valence-corrected chi connectivity index (χ4v) is 6.64. The maximum atomic E-state index is 13.7. The van der Waals surface area contributed by atoms with E-state index in [4.69, 9.17) is 13.9 Å². The smallest absolute Gasteiger partial charge is 0.416 e. The van der Waals surface area contributed by atoms with E-state index in [0.29, 0.717) is 11.1 Å². The van der Waals surface area contributed by atoms with Crippen LogP contribution in [0.4, 0.5) is 13.2 Å². The number of methoxy groups -OCH3 is 2. The highest BCUT2D eigenvalue weighted by atomic mass is 28.4. The molecule has 202 valence electrons. The van der Waals surface area contributed by atoms with E-state index in [9.17, 15) is 22.8 Å². The van der Waals surface area contributed by atoms with Crippen LogP contribution in [0.2, 0.25) is 18.1 Å². The Morgan fingerprint density at radius 2 is 1.38 bits per heavy atom. The maximum absolute atomic E-state index is 13.7. The van der Waals surface area contributed by atoms with Crippen LogP contribution in [-0.2, 0) is 35.3 Å². The first-order valence-corrected chi connectivity index (χ1v) is 15.1. The highest BCUT2D eigenvalue weighted by Gasteiger charge is 2.71. The molecular weight excluding hydrogens is 501 g/mol. The van der Waals surface area contributed by atoms with E-state index in [1.807, 2.05) is 31.3 Å². The Labute approximate surface area is 217 Å². The van der Waals surface area contributed by atoms with Crippen molar-refractivity contribution in [3.8, 4) is 0 Å². The number of alkyl halides is 3. The predicted molar refractivity (Wildman–Crippen MR) is 136 cm³/mol. The van der Waals surface area contributed by atoms with Crippen molar-refractivity contribution >= 4 is 20.3 Å². The van der Waals surface area contributed by atoms with Gasteiger partial charge in [0.15, 0.2) is 13.7 Å². The molecule has 9 heteroatoms. The van der Waals surface area contributed by atoms with Crippen LogP contribution in [0.1, 0.15) is 56.2 Å². The van der Waals surface area contributed by atoms with Crippen molar-refractivity contribution in [3.63, 3.8) is 0 Å². The zero-order valence-electron chi connectivity index (χ0n) is 22.4. The Bertz CT molecular complexity index is 1110. The molecule has 0 radical (unpaired) electrons. The molecule has 0 aromatic heterocycles. The number of rotatable bonds is 6. The Morgan fingerprint density at radius 1 is 0.865 bits per heavy atom. The van der Waals surface area contributed by atoms with Gasteiger partial charge in [-0.15, -0.1) is 0 Å². The Balaban J connectivity index is 2.32. The molecule has 0 bridgehead atoms. The van der Waals surface area contributed by atoms with Crippen molar-refractivity contribution in [1.82, 2.24) is 0 Å². The van der Waals surface area contributed by atoms with Crippen LogP contribution in [0, 0.1) is 5.41 Å². The zero-order valence-corrected chi connectivity index (χ0v) is 23.4. The average Bonchev–Trinajstić information content (AvgIpc) is 3.18. The summed E-state index contributed by atoms with van der Waals surface area (Å²) >= 11 is 0. The minimum atomic E-state index is -4.48. The molecule has 0 saturated heterocycles. The second-order valence-electron chi connectivity index (χ2n) is 11.2. The van der Waals surface area contributed by atoms with Crippen molar-refractivity contribution in [2.24, 2.45) is 5.41 Å². The van der Waals surface area contributed by atoms with Gasteiger partial charge in [0.2, 0.25) is 0 Å². The minimum absolute atomic E-state index is 0.0404. The number of hydrogen-bond acceptors (Lipinski definition) is 5. The van der Waals surface area contributed by atoms with Crippen molar-refractivity contribution in [2.75, 3.05) is 14.2 Å². The van der Waals surface area contributed by atoms with Crippen molar-refractivity contribution in [1.29, 1.82) is 0 Å². The van der Waals surface area contributed by atoms with Gasteiger partial charge in [-0.25, -0.2) is 0 Å². The van der Waals surface area contributed by atoms with E-state index < -0.39 is 48.9 Å². The molecule has 2 aromatic rings. The van der Waals surface area contributed by atoms with E-state index in [2.05, 4.69) is 20.8 Å². The van der Waals surface area contributed by atoms with Crippen LogP contribution in [0.15, 0.2) is 54.6 Å². The molecule has 2 aromatic carbocycles. The number of ether oxygens (including phenoxy) is 2. The van der Waals surface area contributed by atoms with Crippen LogP contribution >= 0.6 is 0 Å². The summed E-state index contributed by atoms with van der Waals surface area (Å²) in [4.78, 5) is 27.4. The normalized spacial score (nSPS) is 21.9. The summed E-state index contributed by atoms with van der Waals surface area (Å²) in [5.74, 6) is -2.07. The standard InChI is InChI=1S/C28H35F3O5Si/c1-25(2,3)37(6,7)36-27(21-11-9-8-10-12-21)18-20(17-26(27,23(32)34-4)24(33)35-5)19-13-15-22(16-14-19)28(29,30)31/h8-16,20H,17-18H2,1-7H3/t20-,27-/m1/s1. The summed E-state index contributed by atoms with van der Waals surface area (Å²) in [5.41, 5.74) is -2.92. The van der Waals surface area contributed by atoms with Gasteiger partial charge in [-0.05, 0) is 60.2 Å². The monoisotopic (exact) mass is 536 g/mol. The van der Waals surface area contributed by atoms with Gasteiger partial charge in [-0.3, -0.25) is 9.59 Å². The van der Waals surface area contributed by atoms with Crippen LogP contribution in [0.5, 0.6) is 0 Å². The maximum Gasteiger partial charge on any atom is 0.416 e. The lowest BCUT2D eigenvalue weighted by molar-refractivity contribution is -0.186. The van der Waals surface area contributed by atoms with Gasteiger partial charge < -0.3 is 13.9 Å². The van der Waals surface area contributed by atoms with Crippen LogP contribution in [0.3, 0.4) is 0 Å². The van der Waals surface area contributed by atoms with Gasteiger partial charge in [0.25, 0.3) is 0 Å². The Hall–Kier alpha value is -2.65. The molecule has 1 fully saturated rings. The summed E-state index contributed by atoms with van der Waals surface area (Å²) in [6, 6.07) is 13.9. The van der Waals surface area contributed by atoms with Crippen LogP contribution in [0.25, 0.3) is 0 Å². The second-order valence-corrected chi connectivity index (χ2v) is 15.9. The molecule has 2 atom stereocenters. The van der Waals surface area contributed by atoms with Crippen molar-refractivity contribution in [2.45, 2.75) is 69.4 Å². The molecule has 0 N–H and O–H groups in total. The average molecular weight is 537 g/mol.